The third kappa shape index (κ3) is 3.10. The van der Waals surface area contributed by atoms with Crippen molar-refractivity contribution in [2.45, 2.75) is 58.1 Å². The van der Waals surface area contributed by atoms with Gasteiger partial charge in [-0.1, -0.05) is 18.6 Å². The van der Waals surface area contributed by atoms with Crippen molar-refractivity contribution < 1.29 is 4.74 Å². The van der Waals surface area contributed by atoms with Gasteiger partial charge in [-0.15, -0.1) is 0 Å². The van der Waals surface area contributed by atoms with Crippen molar-refractivity contribution in [3.8, 4) is 0 Å². The largest absolute Gasteiger partial charge is 0.377 e. The van der Waals surface area contributed by atoms with E-state index in [2.05, 4.69) is 13.0 Å². The van der Waals surface area contributed by atoms with Crippen molar-refractivity contribution in [1.82, 2.24) is 0 Å². The summed E-state index contributed by atoms with van der Waals surface area (Å²) < 4.78 is 5.64. The van der Waals surface area contributed by atoms with Gasteiger partial charge in [0, 0.05) is 6.61 Å². The van der Waals surface area contributed by atoms with E-state index in [1.54, 1.807) is 0 Å². The summed E-state index contributed by atoms with van der Waals surface area (Å²) in [4.78, 5) is 0. The van der Waals surface area contributed by atoms with E-state index < -0.39 is 0 Å². The highest BCUT2D eigenvalue weighted by atomic mass is 16.5. The van der Waals surface area contributed by atoms with Crippen LogP contribution >= 0.6 is 0 Å². The van der Waals surface area contributed by atoms with Crippen LogP contribution < -0.4 is 5.73 Å². The standard InChI is InChI=1S/C12H23NO/c1-3-11(14-4-2)12(13)10-8-6-5-7-9-10/h8,11-12H,3-7,9,13H2,1-2H3. The molecule has 0 saturated heterocycles. The normalized spacial score (nSPS) is 21.5. The Morgan fingerprint density at radius 3 is 2.71 bits per heavy atom. The Balaban J connectivity index is 2.51. The predicted molar refractivity (Wildman–Crippen MR) is 60.2 cm³/mol. The van der Waals surface area contributed by atoms with Crippen molar-refractivity contribution >= 4 is 0 Å². The molecule has 0 fully saturated rings. The molecular formula is C12H23NO. The van der Waals surface area contributed by atoms with Crippen LogP contribution in [0.25, 0.3) is 0 Å². The number of hydrogen-bond acceptors (Lipinski definition) is 2. The molecular weight excluding hydrogens is 174 g/mol. The van der Waals surface area contributed by atoms with Gasteiger partial charge < -0.3 is 10.5 Å². The minimum Gasteiger partial charge on any atom is -0.377 e. The van der Waals surface area contributed by atoms with Crippen LogP contribution in [0.15, 0.2) is 11.6 Å². The Hall–Kier alpha value is -0.340. The summed E-state index contributed by atoms with van der Waals surface area (Å²) in [6, 6.07) is 0.125. The summed E-state index contributed by atoms with van der Waals surface area (Å²) in [5, 5.41) is 0. The average Bonchev–Trinajstić information content (AvgIpc) is 2.26. The van der Waals surface area contributed by atoms with Crippen molar-refractivity contribution in [1.29, 1.82) is 0 Å². The fourth-order valence-corrected chi connectivity index (χ4v) is 2.09. The molecule has 1 aliphatic carbocycles. The summed E-state index contributed by atoms with van der Waals surface area (Å²) in [7, 11) is 0. The van der Waals surface area contributed by atoms with Crippen LogP contribution in [-0.2, 0) is 4.74 Å². The molecule has 0 aromatic rings. The fourth-order valence-electron chi connectivity index (χ4n) is 2.09. The molecule has 0 amide bonds. The quantitative estimate of drug-likeness (QED) is 0.688. The maximum absolute atomic E-state index is 6.20. The molecule has 14 heavy (non-hydrogen) atoms. The summed E-state index contributed by atoms with van der Waals surface area (Å²) in [5.41, 5.74) is 7.61. The predicted octanol–water partition coefficient (Wildman–Crippen LogP) is 2.63. The van der Waals surface area contributed by atoms with E-state index >= 15 is 0 Å². The molecule has 1 aliphatic rings. The van der Waals surface area contributed by atoms with Gasteiger partial charge in [0.1, 0.15) is 0 Å². The minimum absolute atomic E-state index is 0.125. The first-order valence-corrected chi connectivity index (χ1v) is 5.85. The molecule has 0 aromatic carbocycles. The van der Waals surface area contributed by atoms with E-state index in [9.17, 15) is 0 Å². The van der Waals surface area contributed by atoms with Gasteiger partial charge in [-0.05, 0) is 39.0 Å². The highest BCUT2D eigenvalue weighted by Crippen LogP contribution is 2.22. The second-order valence-corrected chi connectivity index (χ2v) is 3.95. The third-order valence-electron chi connectivity index (χ3n) is 2.94. The van der Waals surface area contributed by atoms with E-state index in [4.69, 9.17) is 10.5 Å². The van der Waals surface area contributed by atoms with Crippen LogP contribution in [0.1, 0.15) is 46.0 Å². The maximum atomic E-state index is 6.20. The molecule has 0 spiro atoms. The van der Waals surface area contributed by atoms with Crippen LogP contribution in [-0.4, -0.2) is 18.8 Å². The molecule has 0 saturated carbocycles. The Kier molecular flexibility index (Phi) is 5.20. The zero-order valence-corrected chi connectivity index (χ0v) is 9.46. The Morgan fingerprint density at radius 1 is 1.43 bits per heavy atom. The van der Waals surface area contributed by atoms with E-state index in [0.29, 0.717) is 0 Å². The lowest BCUT2D eigenvalue weighted by Crippen LogP contribution is -2.38. The summed E-state index contributed by atoms with van der Waals surface area (Å²) in [6.45, 7) is 4.94. The number of ether oxygens (including phenoxy) is 1. The molecule has 1 rings (SSSR count). The first-order valence-electron chi connectivity index (χ1n) is 5.85. The van der Waals surface area contributed by atoms with Crippen LogP contribution in [0, 0.1) is 0 Å². The minimum atomic E-state index is 0.125. The zero-order chi connectivity index (χ0) is 10.4. The molecule has 0 aromatic heterocycles. The van der Waals surface area contributed by atoms with Gasteiger partial charge in [0.05, 0.1) is 12.1 Å². The molecule has 2 N–H and O–H groups in total. The van der Waals surface area contributed by atoms with Crippen molar-refractivity contribution in [3.05, 3.63) is 11.6 Å². The third-order valence-corrected chi connectivity index (χ3v) is 2.94. The first kappa shape index (κ1) is 11.7. The number of nitrogens with two attached hydrogens (primary N) is 1. The van der Waals surface area contributed by atoms with E-state index in [0.717, 1.165) is 13.0 Å². The molecule has 2 atom stereocenters. The lowest BCUT2D eigenvalue weighted by atomic mass is 9.91. The Morgan fingerprint density at radius 2 is 2.21 bits per heavy atom. The average molecular weight is 197 g/mol. The zero-order valence-electron chi connectivity index (χ0n) is 9.46. The number of hydrogen-bond donors (Lipinski definition) is 1. The van der Waals surface area contributed by atoms with E-state index in [1.165, 1.54) is 31.3 Å². The highest BCUT2D eigenvalue weighted by Gasteiger charge is 2.20. The number of rotatable bonds is 5. The maximum Gasteiger partial charge on any atom is 0.0761 e. The lowest BCUT2D eigenvalue weighted by molar-refractivity contribution is 0.0484. The molecule has 0 aliphatic heterocycles. The smallest absolute Gasteiger partial charge is 0.0761 e. The van der Waals surface area contributed by atoms with Crippen molar-refractivity contribution in [2.24, 2.45) is 5.73 Å². The van der Waals surface area contributed by atoms with Gasteiger partial charge in [-0.3, -0.25) is 0 Å². The molecule has 82 valence electrons. The number of allylic oxidation sites excluding steroid dienone is 1. The summed E-state index contributed by atoms with van der Waals surface area (Å²) in [6.07, 6.45) is 8.52. The van der Waals surface area contributed by atoms with Crippen LogP contribution in [0.3, 0.4) is 0 Å². The monoisotopic (exact) mass is 197 g/mol. The van der Waals surface area contributed by atoms with Gasteiger partial charge in [-0.25, -0.2) is 0 Å². The Bertz CT molecular complexity index is 189. The topological polar surface area (TPSA) is 35.2 Å². The van der Waals surface area contributed by atoms with Gasteiger partial charge in [0.15, 0.2) is 0 Å². The van der Waals surface area contributed by atoms with Gasteiger partial charge in [0.25, 0.3) is 0 Å². The van der Waals surface area contributed by atoms with Gasteiger partial charge >= 0.3 is 0 Å². The van der Waals surface area contributed by atoms with Gasteiger partial charge in [-0.2, -0.15) is 0 Å². The second-order valence-electron chi connectivity index (χ2n) is 3.95. The van der Waals surface area contributed by atoms with Crippen LogP contribution in [0.5, 0.6) is 0 Å². The van der Waals surface area contributed by atoms with Crippen molar-refractivity contribution in [2.75, 3.05) is 6.61 Å². The SMILES string of the molecule is CCOC(CC)C(N)C1=CCCCC1. The van der Waals surface area contributed by atoms with Gasteiger partial charge in [0.2, 0.25) is 0 Å². The molecule has 2 heteroatoms. The highest BCUT2D eigenvalue weighted by molar-refractivity contribution is 5.14. The molecule has 2 unspecified atom stereocenters. The van der Waals surface area contributed by atoms with E-state index in [1.807, 2.05) is 6.92 Å². The fraction of sp³-hybridized carbons (Fsp3) is 0.833. The summed E-state index contributed by atoms with van der Waals surface area (Å²) >= 11 is 0. The molecule has 2 nitrogen and oxygen atoms in total. The van der Waals surface area contributed by atoms with Crippen molar-refractivity contribution in [3.63, 3.8) is 0 Å². The summed E-state index contributed by atoms with van der Waals surface area (Å²) in [5.74, 6) is 0. The first-order chi connectivity index (χ1) is 6.79. The van der Waals surface area contributed by atoms with Crippen LogP contribution in [0.2, 0.25) is 0 Å². The Labute approximate surface area is 87.5 Å². The van der Waals surface area contributed by atoms with Crippen LogP contribution in [0.4, 0.5) is 0 Å². The molecule has 0 heterocycles. The lowest BCUT2D eigenvalue weighted by Gasteiger charge is -2.26. The molecule has 0 bridgehead atoms. The second kappa shape index (κ2) is 6.20. The van der Waals surface area contributed by atoms with E-state index in [-0.39, 0.29) is 12.1 Å². The molecule has 0 radical (unpaired) electrons.